The van der Waals surface area contributed by atoms with Gasteiger partial charge in [0, 0.05) is 6.61 Å². The maximum Gasteiger partial charge on any atom is 0.298 e. The molecule has 0 saturated carbocycles. The van der Waals surface area contributed by atoms with Gasteiger partial charge in [-0.2, -0.15) is 5.43 Å². The first-order valence-electron chi connectivity index (χ1n) is 11.7. The fraction of sp³-hybridized carbons (Fsp3) is 0.708. The van der Waals surface area contributed by atoms with Crippen molar-refractivity contribution in [1.82, 2.24) is 5.43 Å². The lowest BCUT2D eigenvalue weighted by atomic mass is 10.0. The van der Waals surface area contributed by atoms with Crippen LogP contribution in [-0.4, -0.2) is 59.7 Å². The van der Waals surface area contributed by atoms with Crippen LogP contribution in [0.15, 0.2) is 30.3 Å². The lowest BCUT2D eigenvalue weighted by Gasteiger charge is -2.41. The minimum Gasteiger partial charge on any atom is -0.385 e. The third-order valence-electron chi connectivity index (χ3n) is 6.15. The van der Waals surface area contributed by atoms with Gasteiger partial charge in [-0.1, -0.05) is 63.4 Å². The molecule has 0 radical (unpaired) electrons. The molecule has 0 bridgehead atoms. The van der Waals surface area contributed by atoms with E-state index in [9.17, 15) is 15.0 Å². The number of likely N-dealkylation sites (tertiary alicyclic amines) is 1. The topological polar surface area (TPSA) is 78.8 Å². The molecule has 0 aromatic heterocycles. The van der Waals surface area contributed by atoms with Crippen molar-refractivity contribution in [2.75, 3.05) is 32.8 Å². The molecular weight excluding hydrogens is 380 g/mol. The Bertz CT molecular complexity index is 604. The number of amides is 1. The van der Waals surface area contributed by atoms with Gasteiger partial charge in [-0.15, -0.1) is 0 Å². The van der Waals surface area contributed by atoms with Crippen LogP contribution in [0.3, 0.4) is 0 Å². The molecular formula is C24H41N2O4+. The first kappa shape index (κ1) is 24.8. The summed E-state index contributed by atoms with van der Waals surface area (Å²) < 4.78 is 6.14. The van der Waals surface area contributed by atoms with Gasteiger partial charge in [0.15, 0.2) is 6.10 Å². The Kier molecular flexibility index (Phi) is 10.8. The van der Waals surface area contributed by atoms with Crippen LogP contribution in [0.25, 0.3) is 0 Å². The van der Waals surface area contributed by atoms with Crippen molar-refractivity contribution < 1.29 is 24.3 Å². The predicted octanol–water partition coefficient (Wildman–Crippen LogP) is 3.35. The lowest BCUT2D eigenvalue weighted by Crippen LogP contribution is -2.65. The van der Waals surface area contributed by atoms with E-state index >= 15 is 0 Å². The van der Waals surface area contributed by atoms with E-state index < -0.39 is 18.1 Å². The summed E-state index contributed by atoms with van der Waals surface area (Å²) in [6, 6.07) is 8.96. The monoisotopic (exact) mass is 421 g/mol. The highest BCUT2D eigenvalue weighted by Gasteiger charge is 2.36. The van der Waals surface area contributed by atoms with Crippen LogP contribution in [0.1, 0.15) is 70.5 Å². The van der Waals surface area contributed by atoms with Crippen molar-refractivity contribution in [2.24, 2.45) is 5.92 Å². The number of hydrogen-bond donors (Lipinski definition) is 3. The molecule has 0 spiro atoms. The van der Waals surface area contributed by atoms with E-state index in [0.29, 0.717) is 29.2 Å². The van der Waals surface area contributed by atoms with Gasteiger partial charge in [-0.05, 0) is 37.2 Å². The van der Waals surface area contributed by atoms with Crippen LogP contribution in [0.5, 0.6) is 0 Å². The quantitative estimate of drug-likeness (QED) is 0.427. The third kappa shape index (κ3) is 7.99. The van der Waals surface area contributed by atoms with Crippen LogP contribution >= 0.6 is 0 Å². The van der Waals surface area contributed by atoms with E-state index in [0.717, 1.165) is 45.2 Å². The van der Waals surface area contributed by atoms with Crippen LogP contribution in [-0.2, 0) is 9.53 Å². The Labute approximate surface area is 181 Å². The molecule has 1 aliphatic rings. The molecule has 6 heteroatoms. The number of piperidine rings is 1. The van der Waals surface area contributed by atoms with E-state index in [-0.39, 0.29) is 6.61 Å². The average molecular weight is 422 g/mol. The van der Waals surface area contributed by atoms with E-state index in [1.807, 2.05) is 18.2 Å². The fourth-order valence-electron chi connectivity index (χ4n) is 4.26. The van der Waals surface area contributed by atoms with Crippen molar-refractivity contribution in [3.63, 3.8) is 0 Å². The number of aliphatic hydroxyl groups is 2. The van der Waals surface area contributed by atoms with Crippen LogP contribution < -0.4 is 5.43 Å². The first-order chi connectivity index (χ1) is 14.5. The van der Waals surface area contributed by atoms with Gasteiger partial charge in [0.05, 0.1) is 6.61 Å². The van der Waals surface area contributed by atoms with Gasteiger partial charge in [0.1, 0.15) is 25.7 Å². The summed E-state index contributed by atoms with van der Waals surface area (Å²) in [7, 11) is 0. The lowest BCUT2D eigenvalue weighted by molar-refractivity contribution is -0.968. The van der Waals surface area contributed by atoms with Gasteiger partial charge >= 0.3 is 0 Å². The molecule has 3 atom stereocenters. The molecule has 170 valence electrons. The molecule has 1 heterocycles. The third-order valence-corrected chi connectivity index (χ3v) is 6.15. The van der Waals surface area contributed by atoms with E-state index in [2.05, 4.69) is 19.3 Å². The summed E-state index contributed by atoms with van der Waals surface area (Å²) in [6.07, 6.45) is 5.89. The van der Waals surface area contributed by atoms with E-state index in [4.69, 9.17) is 4.74 Å². The number of quaternary nitrogens is 1. The highest BCUT2D eigenvalue weighted by Crippen LogP contribution is 2.20. The number of ether oxygens (including phenoxy) is 1. The number of nitrogens with one attached hydrogen (secondary N) is 1. The average Bonchev–Trinajstić information content (AvgIpc) is 2.76. The minimum absolute atomic E-state index is 0.278. The standard InChI is InChI=1S/C24H40N2O4/c1-3-5-12-20(4-2)18-30-19-22(27)17-26(15-10-7-11-16-26)25-24(29)23(28)21-13-8-6-9-14-21/h6,8-9,13-14,20,22-23,27-28H,3-5,7,10-12,15-19H2,1-2H3/p+1. The Morgan fingerprint density at radius 2 is 1.80 bits per heavy atom. The summed E-state index contributed by atoms with van der Waals surface area (Å²) in [5, 5.41) is 21.1. The summed E-state index contributed by atoms with van der Waals surface area (Å²) >= 11 is 0. The van der Waals surface area contributed by atoms with Gasteiger partial charge in [0.25, 0.3) is 5.91 Å². The molecule has 1 amide bonds. The number of unbranched alkanes of at least 4 members (excludes halogenated alkanes) is 1. The second-order valence-corrected chi connectivity index (χ2v) is 8.73. The smallest absolute Gasteiger partial charge is 0.298 e. The van der Waals surface area contributed by atoms with Crippen LogP contribution in [0.4, 0.5) is 0 Å². The largest absolute Gasteiger partial charge is 0.385 e. The first-order valence-corrected chi connectivity index (χ1v) is 11.7. The summed E-state index contributed by atoms with van der Waals surface area (Å²) in [5.41, 5.74) is 3.61. The van der Waals surface area contributed by atoms with Crippen molar-refractivity contribution in [2.45, 2.75) is 71.0 Å². The number of carbonyl (C=O) groups excluding carboxylic acids is 1. The Morgan fingerprint density at radius 1 is 1.10 bits per heavy atom. The number of rotatable bonds is 13. The predicted molar refractivity (Wildman–Crippen MR) is 118 cm³/mol. The molecule has 3 unspecified atom stereocenters. The minimum atomic E-state index is -1.21. The molecule has 1 fully saturated rings. The van der Waals surface area contributed by atoms with Crippen molar-refractivity contribution in [1.29, 1.82) is 0 Å². The Morgan fingerprint density at radius 3 is 2.43 bits per heavy atom. The molecule has 6 nitrogen and oxygen atoms in total. The number of carbonyl (C=O) groups is 1. The molecule has 30 heavy (non-hydrogen) atoms. The molecule has 1 aliphatic heterocycles. The molecule has 0 aliphatic carbocycles. The van der Waals surface area contributed by atoms with Crippen molar-refractivity contribution in [3.8, 4) is 0 Å². The zero-order chi connectivity index (χ0) is 21.8. The highest BCUT2D eigenvalue weighted by atomic mass is 16.5. The zero-order valence-corrected chi connectivity index (χ0v) is 18.8. The molecule has 2 rings (SSSR count). The fourth-order valence-corrected chi connectivity index (χ4v) is 4.26. The second kappa shape index (κ2) is 13.1. The van der Waals surface area contributed by atoms with E-state index in [1.165, 1.54) is 12.8 Å². The number of nitrogens with zero attached hydrogens (tertiary/aromatic N) is 1. The van der Waals surface area contributed by atoms with Gasteiger partial charge in [-0.3, -0.25) is 4.79 Å². The van der Waals surface area contributed by atoms with Gasteiger partial charge in [0.2, 0.25) is 0 Å². The summed E-state index contributed by atoms with van der Waals surface area (Å²) in [4.78, 5) is 12.8. The summed E-state index contributed by atoms with van der Waals surface area (Å²) in [6.45, 7) is 7.26. The van der Waals surface area contributed by atoms with Crippen LogP contribution in [0.2, 0.25) is 0 Å². The molecule has 1 aromatic rings. The van der Waals surface area contributed by atoms with Crippen molar-refractivity contribution in [3.05, 3.63) is 35.9 Å². The summed E-state index contributed by atoms with van der Waals surface area (Å²) in [5.74, 6) is 0.123. The normalized spacial score (nSPS) is 19.1. The van der Waals surface area contributed by atoms with Gasteiger partial charge < -0.3 is 14.9 Å². The SMILES string of the molecule is CCCCC(CC)COCC(O)C[N+]1(NC(=O)C(O)c2ccccc2)CCCCC1. The highest BCUT2D eigenvalue weighted by molar-refractivity contribution is 5.80. The van der Waals surface area contributed by atoms with Crippen molar-refractivity contribution >= 4 is 5.91 Å². The molecule has 1 saturated heterocycles. The Balaban J connectivity index is 1.90. The zero-order valence-electron chi connectivity index (χ0n) is 18.8. The Hall–Kier alpha value is -1.47. The maximum atomic E-state index is 12.8. The number of benzene rings is 1. The maximum absolute atomic E-state index is 12.8. The number of aliphatic hydroxyl groups excluding tert-OH is 2. The molecule has 3 N–H and O–H groups in total. The number of hydrogen-bond acceptors (Lipinski definition) is 4. The molecule has 1 aromatic carbocycles. The second-order valence-electron chi connectivity index (χ2n) is 8.73. The van der Waals surface area contributed by atoms with Gasteiger partial charge in [-0.25, -0.2) is 4.59 Å². The van der Waals surface area contributed by atoms with E-state index in [1.54, 1.807) is 12.1 Å². The van der Waals surface area contributed by atoms with Crippen LogP contribution in [0, 0.1) is 5.92 Å².